The van der Waals surface area contributed by atoms with E-state index in [0.717, 1.165) is 16.7 Å². The zero-order valence-corrected chi connectivity index (χ0v) is 9.80. The molecule has 0 saturated carbocycles. The number of aliphatic hydroxyl groups is 1. The number of nitrogens with zero attached hydrogens (tertiary/aromatic N) is 1. The van der Waals surface area contributed by atoms with Crippen LogP contribution in [0.4, 0.5) is 0 Å². The van der Waals surface area contributed by atoms with Gasteiger partial charge in [0.1, 0.15) is 5.60 Å². The van der Waals surface area contributed by atoms with E-state index in [4.69, 9.17) is 0 Å². The summed E-state index contributed by atoms with van der Waals surface area (Å²) in [6.45, 7) is 5.74. The molecule has 2 aromatic rings. The molecule has 2 heteroatoms. The van der Waals surface area contributed by atoms with Gasteiger partial charge in [-0.3, -0.25) is 4.98 Å². The fraction of sp³-hybridized carbons (Fsp3) is 0.133. The summed E-state index contributed by atoms with van der Waals surface area (Å²) < 4.78 is 0. The van der Waals surface area contributed by atoms with E-state index in [1.807, 2.05) is 31.2 Å². The minimum absolute atomic E-state index is 0.771. The van der Waals surface area contributed by atoms with E-state index in [1.54, 1.807) is 30.6 Å². The average molecular weight is 225 g/mol. The van der Waals surface area contributed by atoms with Crippen LogP contribution in [-0.4, -0.2) is 10.1 Å². The van der Waals surface area contributed by atoms with Crippen molar-refractivity contribution in [3.63, 3.8) is 0 Å². The molecule has 0 spiro atoms. The zero-order chi connectivity index (χ0) is 12.3. The first-order valence-corrected chi connectivity index (χ1v) is 5.50. The zero-order valence-electron chi connectivity index (χ0n) is 9.80. The summed E-state index contributed by atoms with van der Waals surface area (Å²) in [7, 11) is 0. The van der Waals surface area contributed by atoms with Gasteiger partial charge >= 0.3 is 0 Å². The lowest BCUT2D eigenvalue weighted by atomic mass is 9.86. The standard InChI is InChI=1S/C15H15NO/c1-3-15(17,13-7-9-16-10-8-13)14-6-4-5-12(2)11-14/h3-11,17H,1H2,2H3/t15-/m0/s1. The van der Waals surface area contributed by atoms with E-state index in [2.05, 4.69) is 11.6 Å². The second kappa shape index (κ2) is 4.52. The molecule has 0 radical (unpaired) electrons. The molecule has 0 unspecified atom stereocenters. The molecule has 0 saturated heterocycles. The van der Waals surface area contributed by atoms with Gasteiger partial charge in [0.05, 0.1) is 0 Å². The predicted molar refractivity (Wildman–Crippen MR) is 68.6 cm³/mol. The Bertz CT molecular complexity index is 521. The predicted octanol–water partition coefficient (Wildman–Crippen LogP) is 2.81. The molecule has 1 heterocycles. The Hall–Kier alpha value is -1.93. The maximum atomic E-state index is 10.7. The van der Waals surface area contributed by atoms with E-state index in [9.17, 15) is 5.11 Å². The Morgan fingerprint density at radius 3 is 2.47 bits per heavy atom. The highest BCUT2D eigenvalue weighted by molar-refractivity contribution is 5.40. The highest BCUT2D eigenvalue weighted by Gasteiger charge is 2.27. The summed E-state index contributed by atoms with van der Waals surface area (Å²) in [4.78, 5) is 3.96. The highest BCUT2D eigenvalue weighted by atomic mass is 16.3. The number of rotatable bonds is 3. The Kier molecular flexibility index (Phi) is 3.07. The van der Waals surface area contributed by atoms with Gasteiger partial charge in [0.25, 0.3) is 0 Å². The molecule has 0 bridgehead atoms. The van der Waals surface area contributed by atoms with Crippen LogP contribution in [0.1, 0.15) is 16.7 Å². The molecule has 0 fully saturated rings. The summed E-state index contributed by atoms with van der Waals surface area (Å²) >= 11 is 0. The van der Waals surface area contributed by atoms with Crippen LogP contribution in [0.25, 0.3) is 0 Å². The van der Waals surface area contributed by atoms with Crippen LogP contribution >= 0.6 is 0 Å². The van der Waals surface area contributed by atoms with Crippen LogP contribution in [0, 0.1) is 6.92 Å². The number of aromatic nitrogens is 1. The van der Waals surface area contributed by atoms with Crippen molar-refractivity contribution in [1.82, 2.24) is 4.98 Å². The summed E-state index contributed by atoms with van der Waals surface area (Å²) in [5, 5.41) is 10.7. The van der Waals surface area contributed by atoms with Crippen molar-refractivity contribution in [1.29, 1.82) is 0 Å². The number of aryl methyl sites for hydroxylation is 1. The van der Waals surface area contributed by atoms with Crippen LogP contribution in [0.3, 0.4) is 0 Å². The lowest BCUT2D eigenvalue weighted by molar-refractivity contribution is 0.135. The molecule has 0 aliphatic heterocycles. The van der Waals surface area contributed by atoms with Crippen LogP contribution in [0.2, 0.25) is 0 Å². The second-order valence-corrected chi connectivity index (χ2v) is 4.08. The van der Waals surface area contributed by atoms with Gasteiger partial charge < -0.3 is 5.11 Å². The van der Waals surface area contributed by atoms with Crippen molar-refractivity contribution in [2.75, 3.05) is 0 Å². The Morgan fingerprint density at radius 1 is 1.18 bits per heavy atom. The van der Waals surface area contributed by atoms with E-state index < -0.39 is 5.60 Å². The molecule has 17 heavy (non-hydrogen) atoms. The summed E-state index contributed by atoms with van der Waals surface area (Å²) in [5.74, 6) is 0. The Labute approximate surface area is 101 Å². The van der Waals surface area contributed by atoms with Crippen molar-refractivity contribution in [3.05, 3.63) is 78.1 Å². The maximum Gasteiger partial charge on any atom is 0.133 e. The molecule has 0 aliphatic carbocycles. The van der Waals surface area contributed by atoms with Crippen LogP contribution in [-0.2, 0) is 5.60 Å². The number of pyridine rings is 1. The summed E-state index contributed by atoms with van der Waals surface area (Å²) in [5.41, 5.74) is 1.54. The molecular weight excluding hydrogens is 210 g/mol. The van der Waals surface area contributed by atoms with E-state index in [1.165, 1.54) is 0 Å². The molecule has 0 aliphatic rings. The molecule has 1 N–H and O–H groups in total. The molecule has 1 aromatic carbocycles. The van der Waals surface area contributed by atoms with Crippen molar-refractivity contribution in [2.45, 2.75) is 12.5 Å². The molecule has 1 atom stereocenters. The van der Waals surface area contributed by atoms with Gasteiger partial charge in [0, 0.05) is 12.4 Å². The number of hydrogen-bond acceptors (Lipinski definition) is 2. The fourth-order valence-electron chi connectivity index (χ4n) is 1.89. The summed E-state index contributed by atoms with van der Waals surface area (Å²) in [6.07, 6.45) is 4.89. The van der Waals surface area contributed by atoms with Crippen LogP contribution in [0.15, 0.2) is 61.4 Å². The smallest absolute Gasteiger partial charge is 0.133 e. The minimum Gasteiger partial charge on any atom is -0.377 e. The molecule has 0 amide bonds. The van der Waals surface area contributed by atoms with E-state index in [-0.39, 0.29) is 0 Å². The van der Waals surface area contributed by atoms with Gasteiger partial charge in [-0.1, -0.05) is 42.5 Å². The minimum atomic E-state index is -1.16. The number of benzene rings is 1. The lowest BCUT2D eigenvalue weighted by Gasteiger charge is -2.25. The quantitative estimate of drug-likeness (QED) is 0.815. The van der Waals surface area contributed by atoms with Crippen LogP contribution in [0.5, 0.6) is 0 Å². The molecule has 2 rings (SSSR count). The largest absolute Gasteiger partial charge is 0.377 e. The first-order valence-electron chi connectivity index (χ1n) is 5.50. The summed E-state index contributed by atoms with van der Waals surface area (Å²) in [6, 6.07) is 11.4. The van der Waals surface area contributed by atoms with Crippen molar-refractivity contribution in [3.8, 4) is 0 Å². The topological polar surface area (TPSA) is 33.1 Å². The molecule has 2 nitrogen and oxygen atoms in total. The first-order chi connectivity index (χ1) is 8.16. The Balaban J connectivity index is 2.56. The van der Waals surface area contributed by atoms with Gasteiger partial charge in [-0.2, -0.15) is 0 Å². The molecule has 86 valence electrons. The third-order valence-corrected chi connectivity index (χ3v) is 2.87. The van der Waals surface area contributed by atoms with Gasteiger partial charge in [-0.05, 0) is 30.2 Å². The van der Waals surface area contributed by atoms with Crippen molar-refractivity contribution >= 4 is 0 Å². The van der Waals surface area contributed by atoms with Crippen molar-refractivity contribution < 1.29 is 5.11 Å². The van der Waals surface area contributed by atoms with Crippen LogP contribution < -0.4 is 0 Å². The molecule has 1 aromatic heterocycles. The first kappa shape index (κ1) is 11.6. The fourth-order valence-corrected chi connectivity index (χ4v) is 1.89. The van der Waals surface area contributed by atoms with E-state index in [0.29, 0.717) is 0 Å². The highest BCUT2D eigenvalue weighted by Crippen LogP contribution is 2.30. The lowest BCUT2D eigenvalue weighted by Crippen LogP contribution is -2.24. The third kappa shape index (κ3) is 2.12. The maximum absolute atomic E-state index is 10.7. The Morgan fingerprint density at radius 2 is 1.88 bits per heavy atom. The van der Waals surface area contributed by atoms with Gasteiger partial charge in [0.2, 0.25) is 0 Å². The van der Waals surface area contributed by atoms with Gasteiger partial charge in [-0.25, -0.2) is 0 Å². The normalized spacial score (nSPS) is 14.0. The third-order valence-electron chi connectivity index (χ3n) is 2.87. The van der Waals surface area contributed by atoms with Gasteiger partial charge in [-0.15, -0.1) is 0 Å². The second-order valence-electron chi connectivity index (χ2n) is 4.08. The van der Waals surface area contributed by atoms with Crippen molar-refractivity contribution in [2.24, 2.45) is 0 Å². The SMILES string of the molecule is C=C[C@](O)(c1ccncc1)c1cccc(C)c1. The van der Waals surface area contributed by atoms with E-state index >= 15 is 0 Å². The monoisotopic (exact) mass is 225 g/mol. The molecular formula is C15H15NO. The number of hydrogen-bond donors (Lipinski definition) is 1. The van der Waals surface area contributed by atoms with Gasteiger partial charge in [0.15, 0.2) is 0 Å². The average Bonchev–Trinajstić information content (AvgIpc) is 2.39.